The average Bonchev–Trinajstić information content (AvgIpc) is 3.76. The highest BCUT2D eigenvalue weighted by Gasteiger charge is 2.30. The van der Waals surface area contributed by atoms with E-state index in [9.17, 15) is 20.4 Å². The fourth-order valence-corrected chi connectivity index (χ4v) is 5.00. The number of aliphatic hydroxyl groups is 4. The molecule has 0 aliphatic carbocycles. The van der Waals surface area contributed by atoms with Gasteiger partial charge < -0.3 is 44.1 Å². The lowest BCUT2D eigenvalue weighted by Gasteiger charge is -2.16. The second-order valence-corrected chi connectivity index (χ2v) is 11.4. The Balaban J connectivity index is 1.14. The first kappa shape index (κ1) is 28.5. The average molecular weight is 567 g/mol. The van der Waals surface area contributed by atoms with Crippen LogP contribution >= 0.6 is 0 Å². The van der Waals surface area contributed by atoms with Crippen LogP contribution in [0.5, 0.6) is 0 Å². The first-order valence-corrected chi connectivity index (χ1v) is 14.4. The SMILES string of the molecule is OC(CC1CO1)c1cc(C=COC=Cc2cc(C(O)CC3CO3)cc(C(O)CC3CO3)c2)cc(C(O)CC2CO2)c1. The molecule has 4 saturated heterocycles. The molecule has 0 amide bonds. The van der Waals surface area contributed by atoms with Crippen molar-refractivity contribution < 1.29 is 44.1 Å². The predicted octanol–water partition coefficient (Wildman–Crippen LogP) is 3.63. The molecule has 4 fully saturated rings. The normalized spacial score (nSPS) is 27.5. The van der Waals surface area contributed by atoms with Crippen LogP contribution in [0.15, 0.2) is 48.9 Å². The molecule has 2 aromatic carbocycles. The molecule has 41 heavy (non-hydrogen) atoms. The molecule has 0 spiro atoms. The molecular formula is C32H38O9. The molecular weight excluding hydrogens is 528 g/mol. The fourth-order valence-electron chi connectivity index (χ4n) is 5.00. The largest absolute Gasteiger partial charge is 0.473 e. The Labute approximate surface area is 239 Å². The Morgan fingerprint density at radius 2 is 0.805 bits per heavy atom. The molecule has 2 aromatic rings. The molecule has 6 rings (SSSR count). The number of epoxide rings is 4. The lowest BCUT2D eigenvalue weighted by molar-refractivity contribution is 0.147. The summed E-state index contributed by atoms with van der Waals surface area (Å²) in [5.74, 6) is 0. The molecule has 0 radical (unpaired) electrons. The third-order valence-corrected chi connectivity index (χ3v) is 7.77. The number of benzene rings is 2. The molecule has 4 heterocycles. The van der Waals surface area contributed by atoms with Crippen molar-refractivity contribution in [2.45, 2.75) is 74.5 Å². The minimum atomic E-state index is -0.690. The van der Waals surface area contributed by atoms with Crippen LogP contribution in [0.1, 0.15) is 83.5 Å². The van der Waals surface area contributed by atoms with Gasteiger partial charge in [-0.3, -0.25) is 0 Å². The Hall–Kier alpha value is -2.60. The van der Waals surface area contributed by atoms with Gasteiger partial charge in [-0.2, -0.15) is 0 Å². The molecule has 9 nitrogen and oxygen atoms in total. The number of hydrogen-bond donors (Lipinski definition) is 4. The molecule has 0 saturated carbocycles. The lowest BCUT2D eigenvalue weighted by atomic mass is 9.95. The van der Waals surface area contributed by atoms with E-state index in [0.29, 0.717) is 52.1 Å². The van der Waals surface area contributed by atoms with E-state index in [1.54, 1.807) is 12.2 Å². The Bertz CT molecular complexity index is 1070. The molecule has 4 aliphatic heterocycles. The van der Waals surface area contributed by atoms with E-state index in [1.165, 1.54) is 12.5 Å². The molecule has 0 bridgehead atoms. The van der Waals surface area contributed by atoms with Gasteiger partial charge in [0.15, 0.2) is 0 Å². The summed E-state index contributed by atoms with van der Waals surface area (Å²) in [7, 11) is 0. The van der Waals surface area contributed by atoms with E-state index in [4.69, 9.17) is 23.7 Å². The van der Waals surface area contributed by atoms with Crippen LogP contribution in [0.4, 0.5) is 0 Å². The number of ether oxygens (including phenoxy) is 5. The van der Waals surface area contributed by atoms with E-state index in [0.717, 1.165) is 33.4 Å². The first-order valence-electron chi connectivity index (χ1n) is 14.4. The Kier molecular flexibility index (Phi) is 8.85. The summed E-state index contributed by atoms with van der Waals surface area (Å²) in [6, 6.07) is 11.2. The maximum atomic E-state index is 10.7. The maximum Gasteiger partial charge on any atom is 0.0907 e. The second-order valence-electron chi connectivity index (χ2n) is 11.4. The number of aliphatic hydroxyl groups excluding tert-OH is 4. The van der Waals surface area contributed by atoms with Gasteiger partial charge in [0.1, 0.15) is 0 Å². The van der Waals surface area contributed by atoms with E-state index in [-0.39, 0.29) is 24.4 Å². The molecule has 8 unspecified atom stereocenters. The van der Waals surface area contributed by atoms with Crippen molar-refractivity contribution >= 4 is 12.2 Å². The van der Waals surface area contributed by atoms with Crippen molar-refractivity contribution in [1.29, 1.82) is 0 Å². The zero-order valence-electron chi connectivity index (χ0n) is 22.9. The summed E-state index contributed by atoms with van der Waals surface area (Å²) in [5, 5.41) is 42.9. The third kappa shape index (κ3) is 8.70. The molecule has 220 valence electrons. The molecule has 4 N–H and O–H groups in total. The monoisotopic (exact) mass is 566 g/mol. The highest BCUT2D eigenvalue weighted by atomic mass is 16.6. The van der Waals surface area contributed by atoms with Crippen molar-refractivity contribution in [1.82, 2.24) is 0 Å². The predicted molar refractivity (Wildman–Crippen MR) is 149 cm³/mol. The van der Waals surface area contributed by atoms with Crippen molar-refractivity contribution in [3.63, 3.8) is 0 Å². The summed E-state index contributed by atoms with van der Waals surface area (Å²) < 4.78 is 26.7. The summed E-state index contributed by atoms with van der Waals surface area (Å²) in [4.78, 5) is 0. The van der Waals surface area contributed by atoms with Crippen molar-refractivity contribution in [3.8, 4) is 0 Å². The van der Waals surface area contributed by atoms with Crippen molar-refractivity contribution in [2.75, 3.05) is 26.4 Å². The highest BCUT2D eigenvalue weighted by Crippen LogP contribution is 2.33. The summed E-state index contributed by atoms with van der Waals surface area (Å²) >= 11 is 0. The lowest BCUT2D eigenvalue weighted by Crippen LogP contribution is -2.06. The van der Waals surface area contributed by atoms with Gasteiger partial charge in [0.2, 0.25) is 0 Å². The van der Waals surface area contributed by atoms with Crippen LogP contribution < -0.4 is 0 Å². The standard InChI is InChI=1S/C32H38O9/c33-29(11-25-15-38-25)21-5-19(6-22(9-21)30(34)12-26-16-39-26)1-3-37-4-2-20-7-23(31(35)13-27-17-40-27)10-24(8-20)32(36)14-28-18-41-28/h1-10,25-36H,11-18H2. The van der Waals surface area contributed by atoms with E-state index >= 15 is 0 Å². The van der Waals surface area contributed by atoms with Gasteiger partial charge in [0, 0.05) is 25.7 Å². The fraction of sp³-hybridized carbons (Fsp3) is 0.500. The van der Waals surface area contributed by atoms with Gasteiger partial charge in [0.25, 0.3) is 0 Å². The molecule has 9 heteroatoms. The van der Waals surface area contributed by atoms with Crippen LogP contribution in [0.25, 0.3) is 12.2 Å². The van der Waals surface area contributed by atoms with E-state index in [1.807, 2.05) is 36.4 Å². The van der Waals surface area contributed by atoms with Crippen LogP contribution in [0.3, 0.4) is 0 Å². The number of rotatable bonds is 16. The molecule has 0 aromatic heterocycles. The number of hydrogen-bond acceptors (Lipinski definition) is 9. The zero-order valence-corrected chi connectivity index (χ0v) is 22.9. The summed E-state index contributed by atoms with van der Waals surface area (Å²) in [5.41, 5.74) is 4.46. The van der Waals surface area contributed by atoms with Gasteiger partial charge in [0.05, 0.1) is 87.8 Å². The maximum absolute atomic E-state index is 10.7. The van der Waals surface area contributed by atoms with Crippen LogP contribution in [-0.4, -0.2) is 71.3 Å². The van der Waals surface area contributed by atoms with Gasteiger partial charge in [-0.15, -0.1) is 0 Å². The summed E-state index contributed by atoms with van der Waals surface area (Å²) in [6.45, 7) is 2.66. The highest BCUT2D eigenvalue weighted by molar-refractivity contribution is 5.54. The van der Waals surface area contributed by atoms with Crippen molar-refractivity contribution in [2.24, 2.45) is 0 Å². The topological polar surface area (TPSA) is 140 Å². The van der Waals surface area contributed by atoms with Gasteiger partial charge in [-0.25, -0.2) is 0 Å². The van der Waals surface area contributed by atoms with Gasteiger partial charge >= 0.3 is 0 Å². The second kappa shape index (κ2) is 12.7. The smallest absolute Gasteiger partial charge is 0.0907 e. The van der Waals surface area contributed by atoms with Crippen LogP contribution in [0.2, 0.25) is 0 Å². The quantitative estimate of drug-likeness (QED) is 0.177. The molecule has 8 atom stereocenters. The van der Waals surface area contributed by atoms with Crippen LogP contribution in [0, 0.1) is 0 Å². The zero-order chi connectivity index (χ0) is 28.3. The van der Waals surface area contributed by atoms with Gasteiger partial charge in [-0.05, 0) is 69.8 Å². The third-order valence-electron chi connectivity index (χ3n) is 7.77. The van der Waals surface area contributed by atoms with E-state index < -0.39 is 24.4 Å². The van der Waals surface area contributed by atoms with Crippen molar-refractivity contribution in [3.05, 3.63) is 82.3 Å². The Morgan fingerprint density at radius 1 is 0.537 bits per heavy atom. The first-order chi connectivity index (χ1) is 19.9. The minimum Gasteiger partial charge on any atom is -0.473 e. The van der Waals surface area contributed by atoms with Gasteiger partial charge in [-0.1, -0.05) is 12.1 Å². The minimum absolute atomic E-state index is 0.0798. The summed E-state index contributed by atoms with van der Waals surface area (Å²) in [6.07, 6.45) is 6.24. The molecule has 4 aliphatic rings. The van der Waals surface area contributed by atoms with E-state index in [2.05, 4.69) is 0 Å². The van der Waals surface area contributed by atoms with Crippen LogP contribution in [-0.2, 0) is 23.7 Å². The Morgan fingerprint density at radius 3 is 1.05 bits per heavy atom.